The summed E-state index contributed by atoms with van der Waals surface area (Å²) in [6, 6.07) is 11.9. The van der Waals surface area contributed by atoms with E-state index >= 15 is 0 Å². The molecule has 6 nitrogen and oxygen atoms in total. The lowest BCUT2D eigenvalue weighted by atomic mass is 10.1. The summed E-state index contributed by atoms with van der Waals surface area (Å²) in [4.78, 5) is 29.7. The van der Waals surface area contributed by atoms with E-state index in [9.17, 15) is 9.59 Å². The third-order valence-electron chi connectivity index (χ3n) is 3.92. The number of amides is 1. The Morgan fingerprint density at radius 2 is 1.96 bits per heavy atom. The van der Waals surface area contributed by atoms with Gasteiger partial charge < -0.3 is 9.88 Å². The monoisotopic (exact) mass is 332 g/mol. The molecule has 0 spiro atoms. The highest BCUT2D eigenvalue weighted by Crippen LogP contribution is 2.13. The van der Waals surface area contributed by atoms with Crippen molar-refractivity contribution in [1.29, 1.82) is 5.26 Å². The smallest absolute Gasteiger partial charge is 0.261 e. The van der Waals surface area contributed by atoms with E-state index in [4.69, 9.17) is 5.26 Å². The number of aryl methyl sites for hydroxylation is 2. The summed E-state index contributed by atoms with van der Waals surface area (Å²) in [6.07, 6.45) is 1.54. The van der Waals surface area contributed by atoms with Gasteiger partial charge in [-0.15, -0.1) is 0 Å². The van der Waals surface area contributed by atoms with E-state index in [1.807, 2.05) is 19.9 Å². The molecule has 6 heteroatoms. The predicted molar refractivity (Wildman–Crippen MR) is 95.5 cm³/mol. The van der Waals surface area contributed by atoms with Gasteiger partial charge in [0.25, 0.3) is 5.91 Å². The molecule has 0 radical (unpaired) electrons. The molecule has 2 aromatic heterocycles. The van der Waals surface area contributed by atoms with Gasteiger partial charge in [-0.3, -0.25) is 9.59 Å². The number of nitrogens with zero attached hydrogens (tertiary/aromatic N) is 3. The van der Waals surface area contributed by atoms with Crippen LogP contribution in [-0.4, -0.2) is 15.5 Å². The van der Waals surface area contributed by atoms with Crippen molar-refractivity contribution in [2.45, 2.75) is 20.4 Å². The van der Waals surface area contributed by atoms with Crippen LogP contribution in [0.3, 0.4) is 0 Å². The van der Waals surface area contributed by atoms with Crippen LogP contribution in [0.5, 0.6) is 0 Å². The van der Waals surface area contributed by atoms with E-state index in [2.05, 4.69) is 10.3 Å². The molecular weight excluding hydrogens is 316 g/mol. The van der Waals surface area contributed by atoms with Gasteiger partial charge in [-0.2, -0.15) is 5.26 Å². The van der Waals surface area contributed by atoms with Gasteiger partial charge >= 0.3 is 0 Å². The first-order valence-electron chi connectivity index (χ1n) is 7.85. The molecule has 2 heterocycles. The number of pyridine rings is 2. The van der Waals surface area contributed by atoms with Crippen LogP contribution in [0.25, 0.3) is 11.0 Å². The van der Waals surface area contributed by atoms with Gasteiger partial charge in [0.2, 0.25) is 5.43 Å². The third kappa shape index (κ3) is 3.12. The molecule has 3 rings (SSSR count). The Kier molecular flexibility index (Phi) is 4.31. The molecule has 0 atom stereocenters. The number of anilines is 1. The second-order valence-electron chi connectivity index (χ2n) is 5.62. The van der Waals surface area contributed by atoms with Crippen LogP contribution >= 0.6 is 0 Å². The van der Waals surface area contributed by atoms with Crippen molar-refractivity contribution < 1.29 is 4.79 Å². The summed E-state index contributed by atoms with van der Waals surface area (Å²) in [5, 5.41) is 11.9. The lowest BCUT2D eigenvalue weighted by molar-refractivity contribution is 0.102. The number of carbonyl (C=O) groups is 1. The lowest BCUT2D eigenvalue weighted by Gasteiger charge is -2.11. The van der Waals surface area contributed by atoms with Crippen molar-refractivity contribution in [1.82, 2.24) is 9.55 Å². The number of benzene rings is 1. The number of hydrogen-bond acceptors (Lipinski definition) is 4. The lowest BCUT2D eigenvalue weighted by Crippen LogP contribution is -2.24. The van der Waals surface area contributed by atoms with Crippen molar-refractivity contribution in [3.8, 4) is 6.07 Å². The van der Waals surface area contributed by atoms with Crippen LogP contribution in [0.4, 0.5) is 5.69 Å². The minimum atomic E-state index is -0.487. The fourth-order valence-electron chi connectivity index (χ4n) is 2.59. The molecule has 0 saturated heterocycles. The minimum absolute atomic E-state index is 0.0596. The van der Waals surface area contributed by atoms with Crippen LogP contribution < -0.4 is 10.7 Å². The zero-order valence-corrected chi connectivity index (χ0v) is 13.9. The zero-order valence-electron chi connectivity index (χ0n) is 13.9. The van der Waals surface area contributed by atoms with Gasteiger partial charge in [0.05, 0.1) is 17.0 Å². The third-order valence-corrected chi connectivity index (χ3v) is 3.92. The van der Waals surface area contributed by atoms with Gasteiger partial charge in [0, 0.05) is 24.1 Å². The Morgan fingerprint density at radius 1 is 1.24 bits per heavy atom. The number of rotatable bonds is 3. The molecule has 0 aliphatic heterocycles. The molecule has 0 aliphatic carbocycles. The number of nitrogens with one attached hydrogen (secondary N) is 1. The molecule has 25 heavy (non-hydrogen) atoms. The molecule has 0 saturated carbocycles. The van der Waals surface area contributed by atoms with Gasteiger partial charge in [0.1, 0.15) is 11.2 Å². The average molecular weight is 332 g/mol. The number of fused-ring (bicyclic) bond motifs is 1. The second-order valence-corrected chi connectivity index (χ2v) is 5.62. The number of carbonyl (C=O) groups excluding carboxylic acids is 1. The first-order valence-corrected chi connectivity index (χ1v) is 7.85. The molecule has 0 aliphatic rings. The summed E-state index contributed by atoms with van der Waals surface area (Å²) >= 11 is 0. The zero-order chi connectivity index (χ0) is 18.0. The van der Waals surface area contributed by atoms with Gasteiger partial charge in [-0.1, -0.05) is 0 Å². The molecule has 124 valence electrons. The summed E-state index contributed by atoms with van der Waals surface area (Å²) in [6.45, 7) is 4.37. The maximum Gasteiger partial charge on any atom is 0.261 e. The molecular formula is C19H16N4O2. The molecule has 0 unspecified atom stereocenters. The average Bonchev–Trinajstić information content (AvgIpc) is 2.62. The van der Waals surface area contributed by atoms with E-state index < -0.39 is 5.91 Å². The molecule has 3 aromatic rings. The van der Waals surface area contributed by atoms with E-state index in [-0.39, 0.29) is 11.0 Å². The number of nitriles is 1. The summed E-state index contributed by atoms with van der Waals surface area (Å²) in [5.41, 5.74) is 2.11. The van der Waals surface area contributed by atoms with Crippen molar-refractivity contribution in [2.75, 3.05) is 5.32 Å². The van der Waals surface area contributed by atoms with Gasteiger partial charge in [-0.25, -0.2) is 4.98 Å². The number of hydrogen-bond donors (Lipinski definition) is 1. The topological polar surface area (TPSA) is 87.8 Å². The highest BCUT2D eigenvalue weighted by Gasteiger charge is 2.16. The summed E-state index contributed by atoms with van der Waals surface area (Å²) in [5.74, 6) is -0.487. The normalized spacial score (nSPS) is 10.4. The minimum Gasteiger partial charge on any atom is -0.332 e. The Bertz CT molecular complexity index is 1060. The molecule has 1 N–H and O–H groups in total. The van der Waals surface area contributed by atoms with Crippen LogP contribution in [-0.2, 0) is 6.54 Å². The molecule has 1 aromatic carbocycles. The van der Waals surface area contributed by atoms with E-state index in [0.717, 1.165) is 5.69 Å². The first kappa shape index (κ1) is 16.4. The maximum atomic E-state index is 12.7. The Morgan fingerprint density at radius 3 is 2.60 bits per heavy atom. The van der Waals surface area contributed by atoms with Crippen molar-refractivity contribution in [2.24, 2.45) is 0 Å². The molecule has 1 amide bonds. The number of aromatic nitrogens is 2. The van der Waals surface area contributed by atoms with E-state index in [1.54, 1.807) is 41.0 Å². The Hall–Kier alpha value is -3.46. The Labute approximate surface area is 144 Å². The van der Waals surface area contributed by atoms with E-state index in [1.165, 1.54) is 6.20 Å². The second kappa shape index (κ2) is 6.57. The van der Waals surface area contributed by atoms with Crippen molar-refractivity contribution in [3.63, 3.8) is 0 Å². The summed E-state index contributed by atoms with van der Waals surface area (Å²) < 4.78 is 1.79. The highest BCUT2D eigenvalue weighted by molar-refractivity contribution is 6.05. The highest BCUT2D eigenvalue weighted by atomic mass is 16.2. The summed E-state index contributed by atoms with van der Waals surface area (Å²) in [7, 11) is 0. The molecule has 0 fully saturated rings. The molecule has 0 bridgehead atoms. The van der Waals surface area contributed by atoms with E-state index in [0.29, 0.717) is 28.8 Å². The maximum absolute atomic E-state index is 12.7. The van der Waals surface area contributed by atoms with Gasteiger partial charge in [-0.05, 0) is 50.2 Å². The standard InChI is InChI=1S/C19H16N4O2/c1-3-23-11-16(17(24)15-9-4-12(2)21-18(15)23)19(25)22-14-7-5-13(10-20)6-8-14/h4-9,11H,3H2,1-2H3,(H,22,25). The fraction of sp³-hybridized carbons (Fsp3) is 0.158. The Balaban J connectivity index is 2.04. The van der Waals surface area contributed by atoms with Gasteiger partial charge in [0.15, 0.2) is 0 Å². The van der Waals surface area contributed by atoms with Crippen LogP contribution in [0, 0.1) is 18.3 Å². The van der Waals surface area contributed by atoms with Crippen LogP contribution in [0.2, 0.25) is 0 Å². The predicted octanol–water partition coefficient (Wildman–Crippen LogP) is 2.85. The largest absolute Gasteiger partial charge is 0.332 e. The van der Waals surface area contributed by atoms with Crippen LogP contribution in [0.15, 0.2) is 47.4 Å². The first-order chi connectivity index (χ1) is 12.0. The van der Waals surface area contributed by atoms with Crippen LogP contribution in [0.1, 0.15) is 28.5 Å². The quantitative estimate of drug-likeness (QED) is 0.799. The fourth-order valence-corrected chi connectivity index (χ4v) is 2.59. The SMILES string of the molecule is CCn1cc(C(=O)Nc2ccc(C#N)cc2)c(=O)c2ccc(C)nc21. The van der Waals surface area contributed by atoms with Crippen molar-refractivity contribution >= 4 is 22.6 Å². The van der Waals surface area contributed by atoms with Crippen molar-refractivity contribution in [3.05, 3.63) is 69.6 Å².